The molecule has 4 nitrogen and oxygen atoms in total. The number of halogens is 2. The highest BCUT2D eigenvalue weighted by molar-refractivity contribution is 7.99. The van der Waals surface area contributed by atoms with E-state index in [0.29, 0.717) is 11.0 Å². The Morgan fingerprint density at radius 1 is 1.27 bits per heavy atom. The molecule has 112 valence electrons. The molecule has 0 amide bonds. The average molecular weight is 337 g/mol. The van der Waals surface area contributed by atoms with Crippen LogP contribution in [0.25, 0.3) is 10.7 Å². The van der Waals surface area contributed by atoms with Crippen molar-refractivity contribution in [3.8, 4) is 10.7 Å². The van der Waals surface area contributed by atoms with E-state index in [1.165, 1.54) is 17.4 Å². The topological polar surface area (TPSA) is 58.6 Å². The van der Waals surface area contributed by atoms with E-state index in [1.54, 1.807) is 0 Å². The summed E-state index contributed by atoms with van der Waals surface area (Å²) in [6.07, 6.45) is 0. The number of Topliss-reactive ketones (excluding diaryl/α,β-unsaturated/α-hetero) is 1. The van der Waals surface area contributed by atoms with Crippen LogP contribution in [0.4, 0.5) is 8.78 Å². The molecule has 3 aromatic rings. The molecule has 2 aromatic heterocycles. The third-order valence-corrected chi connectivity index (χ3v) is 4.52. The van der Waals surface area contributed by atoms with Crippen molar-refractivity contribution in [2.75, 3.05) is 5.75 Å². The molecule has 0 aliphatic heterocycles. The first kappa shape index (κ1) is 14.9. The Kier molecular flexibility index (Phi) is 4.30. The van der Waals surface area contributed by atoms with Crippen LogP contribution in [0.5, 0.6) is 0 Å². The molecule has 0 aliphatic carbocycles. The van der Waals surface area contributed by atoms with Crippen LogP contribution < -0.4 is 0 Å². The van der Waals surface area contributed by atoms with Gasteiger partial charge in [0.1, 0.15) is 0 Å². The maximum Gasteiger partial charge on any atom is 0.209 e. The number of H-pyrrole nitrogens is 1. The predicted octanol–water partition coefficient (Wildman–Crippen LogP) is 3.79. The minimum Gasteiger partial charge on any atom is -0.293 e. The summed E-state index contributed by atoms with van der Waals surface area (Å²) >= 11 is 2.66. The summed E-state index contributed by atoms with van der Waals surface area (Å²) in [5.41, 5.74) is 0.125. The fourth-order valence-corrected chi connectivity index (χ4v) is 3.07. The summed E-state index contributed by atoms with van der Waals surface area (Å²) in [6, 6.07) is 6.91. The smallest absolute Gasteiger partial charge is 0.209 e. The normalized spacial score (nSPS) is 10.8. The standard InChI is InChI=1S/C14H9F2N3OS2/c15-9-4-3-8(6-10(9)16)11(20)7-22-14-17-13(18-19-14)12-2-1-5-21-12/h1-6H,7H2,(H,17,18,19). The molecule has 0 fully saturated rings. The highest BCUT2D eigenvalue weighted by Crippen LogP contribution is 2.23. The van der Waals surface area contributed by atoms with Gasteiger partial charge < -0.3 is 0 Å². The van der Waals surface area contributed by atoms with Crippen LogP contribution >= 0.6 is 23.1 Å². The minimum atomic E-state index is -1.03. The number of ketones is 1. The van der Waals surface area contributed by atoms with Gasteiger partial charge in [-0.1, -0.05) is 17.8 Å². The van der Waals surface area contributed by atoms with Crippen molar-refractivity contribution >= 4 is 28.9 Å². The highest BCUT2D eigenvalue weighted by atomic mass is 32.2. The minimum absolute atomic E-state index is 0.0484. The molecular weight excluding hydrogens is 328 g/mol. The van der Waals surface area contributed by atoms with Crippen molar-refractivity contribution in [2.24, 2.45) is 0 Å². The predicted molar refractivity (Wildman–Crippen MR) is 81.1 cm³/mol. The summed E-state index contributed by atoms with van der Waals surface area (Å²) in [5.74, 6) is -1.64. The quantitative estimate of drug-likeness (QED) is 0.568. The molecule has 1 aromatic carbocycles. The van der Waals surface area contributed by atoms with Gasteiger partial charge in [0.05, 0.1) is 10.6 Å². The number of hydrogen-bond acceptors (Lipinski definition) is 5. The van der Waals surface area contributed by atoms with Crippen molar-refractivity contribution in [1.29, 1.82) is 0 Å². The van der Waals surface area contributed by atoms with Crippen molar-refractivity contribution in [3.63, 3.8) is 0 Å². The van der Waals surface area contributed by atoms with Gasteiger partial charge in [0, 0.05) is 5.56 Å². The van der Waals surface area contributed by atoms with Crippen LogP contribution in [0, 0.1) is 11.6 Å². The fraction of sp³-hybridized carbons (Fsp3) is 0.0714. The number of nitrogens with zero attached hydrogens (tertiary/aromatic N) is 2. The maximum absolute atomic E-state index is 13.1. The summed E-state index contributed by atoms with van der Waals surface area (Å²) in [7, 11) is 0. The Hall–Kier alpha value is -2.06. The molecule has 8 heteroatoms. The first-order chi connectivity index (χ1) is 10.6. The third-order valence-electron chi connectivity index (χ3n) is 2.79. The van der Waals surface area contributed by atoms with E-state index in [-0.39, 0.29) is 17.1 Å². The Morgan fingerprint density at radius 3 is 2.86 bits per heavy atom. The maximum atomic E-state index is 13.1. The van der Waals surface area contributed by atoms with Gasteiger partial charge in [0.15, 0.2) is 23.2 Å². The molecule has 1 N–H and O–H groups in total. The molecule has 0 saturated carbocycles. The monoisotopic (exact) mass is 337 g/mol. The Morgan fingerprint density at radius 2 is 2.14 bits per heavy atom. The number of hydrogen-bond donors (Lipinski definition) is 1. The molecule has 0 unspecified atom stereocenters. The van der Waals surface area contributed by atoms with Gasteiger partial charge in [-0.05, 0) is 29.6 Å². The van der Waals surface area contributed by atoms with Crippen LogP contribution in [0.3, 0.4) is 0 Å². The Labute approximate surface area is 132 Å². The molecular formula is C14H9F2N3OS2. The van der Waals surface area contributed by atoms with E-state index >= 15 is 0 Å². The number of thioether (sulfide) groups is 1. The molecule has 0 saturated heterocycles. The van der Waals surface area contributed by atoms with Crippen molar-refractivity contribution < 1.29 is 13.6 Å². The van der Waals surface area contributed by atoms with Gasteiger partial charge in [-0.3, -0.25) is 9.89 Å². The summed E-state index contributed by atoms with van der Waals surface area (Å²) in [6.45, 7) is 0. The second kappa shape index (κ2) is 6.37. The van der Waals surface area contributed by atoms with Crippen molar-refractivity contribution in [3.05, 3.63) is 52.9 Å². The molecule has 0 aliphatic rings. The molecule has 2 heterocycles. The van der Waals surface area contributed by atoms with E-state index in [0.717, 1.165) is 28.8 Å². The van der Waals surface area contributed by atoms with E-state index in [2.05, 4.69) is 15.2 Å². The zero-order valence-corrected chi connectivity index (χ0v) is 12.7. The number of benzene rings is 1. The second-order valence-electron chi connectivity index (χ2n) is 4.28. The van der Waals surface area contributed by atoms with Gasteiger partial charge >= 0.3 is 0 Å². The van der Waals surface area contributed by atoms with Crippen LogP contribution in [-0.4, -0.2) is 26.7 Å². The van der Waals surface area contributed by atoms with Crippen molar-refractivity contribution in [2.45, 2.75) is 5.16 Å². The largest absolute Gasteiger partial charge is 0.293 e. The lowest BCUT2D eigenvalue weighted by atomic mass is 10.1. The SMILES string of the molecule is O=C(CSc1n[nH]c(-c2cccs2)n1)c1ccc(F)c(F)c1. The summed E-state index contributed by atoms with van der Waals surface area (Å²) in [4.78, 5) is 17.2. The van der Waals surface area contributed by atoms with Crippen LogP contribution in [0.1, 0.15) is 10.4 Å². The zero-order valence-electron chi connectivity index (χ0n) is 11.0. The van der Waals surface area contributed by atoms with Gasteiger partial charge in [0.25, 0.3) is 0 Å². The Balaban J connectivity index is 1.65. The number of rotatable bonds is 5. The fourth-order valence-electron chi connectivity index (χ4n) is 1.72. The third kappa shape index (κ3) is 3.23. The van der Waals surface area contributed by atoms with Crippen LogP contribution in [0.2, 0.25) is 0 Å². The molecule has 3 rings (SSSR count). The first-order valence-electron chi connectivity index (χ1n) is 6.21. The van der Waals surface area contributed by atoms with Crippen LogP contribution in [0.15, 0.2) is 40.9 Å². The lowest BCUT2D eigenvalue weighted by Crippen LogP contribution is -2.03. The number of nitrogens with one attached hydrogen (secondary N) is 1. The number of aromatic nitrogens is 3. The average Bonchev–Trinajstić information content (AvgIpc) is 3.18. The number of thiophene rings is 1. The van der Waals surface area contributed by atoms with E-state index < -0.39 is 11.6 Å². The lowest BCUT2D eigenvalue weighted by Gasteiger charge is -2.00. The second-order valence-corrected chi connectivity index (χ2v) is 6.17. The van der Waals surface area contributed by atoms with E-state index in [4.69, 9.17) is 0 Å². The molecule has 22 heavy (non-hydrogen) atoms. The van der Waals surface area contributed by atoms with E-state index in [1.807, 2.05) is 17.5 Å². The molecule has 0 radical (unpaired) electrons. The first-order valence-corrected chi connectivity index (χ1v) is 8.07. The lowest BCUT2D eigenvalue weighted by molar-refractivity contribution is 0.102. The molecule has 0 spiro atoms. The summed E-state index contributed by atoms with van der Waals surface area (Å²) < 4.78 is 25.9. The molecule has 0 atom stereocenters. The highest BCUT2D eigenvalue weighted by Gasteiger charge is 2.13. The number of aromatic amines is 1. The zero-order chi connectivity index (χ0) is 15.5. The van der Waals surface area contributed by atoms with Gasteiger partial charge in [-0.2, -0.15) is 0 Å². The number of carbonyl (C=O) groups is 1. The van der Waals surface area contributed by atoms with E-state index in [9.17, 15) is 13.6 Å². The van der Waals surface area contributed by atoms with Crippen molar-refractivity contribution in [1.82, 2.24) is 15.2 Å². The Bertz CT molecular complexity index is 802. The molecule has 0 bridgehead atoms. The van der Waals surface area contributed by atoms with Gasteiger partial charge in [0.2, 0.25) is 5.16 Å². The number of carbonyl (C=O) groups excluding carboxylic acids is 1. The van der Waals surface area contributed by atoms with Crippen LogP contribution in [-0.2, 0) is 0 Å². The van der Waals surface area contributed by atoms with Gasteiger partial charge in [-0.25, -0.2) is 13.8 Å². The summed E-state index contributed by atoms with van der Waals surface area (Å²) in [5, 5.41) is 9.17. The van der Waals surface area contributed by atoms with Gasteiger partial charge in [-0.15, -0.1) is 16.4 Å².